The predicted octanol–water partition coefficient (Wildman–Crippen LogP) is 3.43. The number of hydrogen-bond acceptors (Lipinski definition) is 2. The molecule has 1 aliphatic carbocycles. The van der Waals surface area contributed by atoms with E-state index in [2.05, 4.69) is 47.4 Å². The Morgan fingerprint density at radius 2 is 1.60 bits per heavy atom. The first kappa shape index (κ1) is 11.7. The molecule has 1 aliphatic heterocycles. The topological polar surface area (TPSA) is 20.3 Å². The van der Waals surface area contributed by atoms with E-state index in [-0.39, 0.29) is 0 Å². The Kier molecular flexibility index (Phi) is 2.62. The number of rotatable bonds is 1. The van der Waals surface area contributed by atoms with Crippen molar-refractivity contribution in [2.24, 2.45) is 0 Å². The highest BCUT2D eigenvalue weighted by atomic mass is 16.1. The van der Waals surface area contributed by atoms with Gasteiger partial charge in [-0.2, -0.15) is 0 Å². The Labute approximate surface area is 119 Å². The van der Waals surface area contributed by atoms with Crippen LogP contribution >= 0.6 is 0 Å². The van der Waals surface area contributed by atoms with E-state index >= 15 is 0 Å². The summed E-state index contributed by atoms with van der Waals surface area (Å²) >= 11 is 0. The largest absolute Gasteiger partial charge is 0.371 e. The summed E-state index contributed by atoms with van der Waals surface area (Å²) in [6.07, 6.45) is 2.42. The monoisotopic (exact) mass is 263 g/mol. The van der Waals surface area contributed by atoms with Gasteiger partial charge >= 0.3 is 0 Å². The minimum atomic E-state index is 0.398. The molecular weight excluding hydrogens is 246 g/mol. The van der Waals surface area contributed by atoms with Gasteiger partial charge in [0.25, 0.3) is 0 Å². The third-order valence-electron chi connectivity index (χ3n) is 4.46. The van der Waals surface area contributed by atoms with Crippen LogP contribution in [-0.2, 0) is 11.2 Å². The fourth-order valence-corrected chi connectivity index (χ4v) is 3.34. The van der Waals surface area contributed by atoms with Crippen molar-refractivity contribution in [3.8, 4) is 11.1 Å². The summed E-state index contributed by atoms with van der Waals surface area (Å²) in [4.78, 5) is 13.7. The lowest BCUT2D eigenvalue weighted by molar-refractivity contribution is -0.119. The van der Waals surface area contributed by atoms with Gasteiger partial charge in [-0.25, -0.2) is 0 Å². The molecule has 1 saturated heterocycles. The summed E-state index contributed by atoms with van der Waals surface area (Å²) in [5.41, 5.74) is 6.86. The normalized spacial score (nSPS) is 17.0. The number of anilines is 1. The Morgan fingerprint density at radius 1 is 0.850 bits per heavy atom. The third-order valence-corrected chi connectivity index (χ3v) is 4.46. The minimum absolute atomic E-state index is 0.398. The maximum atomic E-state index is 11.3. The lowest BCUT2D eigenvalue weighted by atomic mass is 10.0. The predicted molar refractivity (Wildman–Crippen MR) is 81.1 cm³/mol. The van der Waals surface area contributed by atoms with E-state index in [0.717, 1.165) is 19.5 Å². The van der Waals surface area contributed by atoms with Crippen LogP contribution in [0.2, 0.25) is 0 Å². The minimum Gasteiger partial charge on any atom is -0.371 e. The standard InChI is InChI=1S/C18H17NO/c20-16-7-9-19(10-8-16)15-5-6-18-14(12-15)11-13-3-1-2-4-17(13)18/h1-6,12H,7-11H2. The van der Waals surface area contributed by atoms with E-state index in [9.17, 15) is 4.79 Å². The van der Waals surface area contributed by atoms with Gasteiger partial charge in [0.1, 0.15) is 5.78 Å². The van der Waals surface area contributed by atoms with Crippen molar-refractivity contribution in [2.45, 2.75) is 19.3 Å². The molecule has 0 atom stereocenters. The summed E-state index contributed by atoms with van der Waals surface area (Å²) in [7, 11) is 0. The molecule has 2 aromatic carbocycles. The van der Waals surface area contributed by atoms with Gasteiger partial charge in [0, 0.05) is 31.6 Å². The molecule has 0 N–H and O–H groups in total. The Hall–Kier alpha value is -2.09. The van der Waals surface area contributed by atoms with Crippen LogP contribution in [0, 0.1) is 0 Å². The fourth-order valence-electron chi connectivity index (χ4n) is 3.34. The van der Waals surface area contributed by atoms with Crippen LogP contribution in [0.1, 0.15) is 24.0 Å². The van der Waals surface area contributed by atoms with Crippen LogP contribution in [0.15, 0.2) is 42.5 Å². The molecule has 2 aliphatic rings. The van der Waals surface area contributed by atoms with E-state index in [0.29, 0.717) is 18.6 Å². The van der Waals surface area contributed by atoms with Gasteiger partial charge < -0.3 is 4.90 Å². The van der Waals surface area contributed by atoms with E-state index in [1.54, 1.807) is 0 Å². The van der Waals surface area contributed by atoms with Crippen LogP contribution in [-0.4, -0.2) is 18.9 Å². The quantitative estimate of drug-likeness (QED) is 0.670. The number of ketones is 1. The van der Waals surface area contributed by atoms with Gasteiger partial charge in [-0.05, 0) is 40.8 Å². The molecule has 1 fully saturated rings. The number of carbonyl (C=O) groups is 1. The highest BCUT2D eigenvalue weighted by molar-refractivity contribution is 5.82. The highest BCUT2D eigenvalue weighted by Crippen LogP contribution is 2.38. The Bertz CT molecular complexity index is 680. The molecule has 2 aromatic rings. The molecular formula is C18H17NO. The van der Waals surface area contributed by atoms with Crippen molar-refractivity contribution >= 4 is 11.5 Å². The van der Waals surface area contributed by atoms with Crippen molar-refractivity contribution in [3.05, 3.63) is 53.6 Å². The molecule has 0 spiro atoms. The summed E-state index contributed by atoms with van der Waals surface area (Å²) in [6.45, 7) is 1.73. The average molecular weight is 263 g/mol. The first-order valence-electron chi connectivity index (χ1n) is 7.29. The number of piperidine rings is 1. The maximum Gasteiger partial charge on any atom is 0.136 e. The van der Waals surface area contributed by atoms with E-state index in [4.69, 9.17) is 0 Å². The number of Topliss-reactive ketones (excluding diaryl/α,β-unsaturated/α-hetero) is 1. The highest BCUT2D eigenvalue weighted by Gasteiger charge is 2.21. The number of hydrogen-bond donors (Lipinski definition) is 0. The van der Waals surface area contributed by atoms with Gasteiger partial charge in [0.2, 0.25) is 0 Å². The summed E-state index contributed by atoms with van der Waals surface area (Å²) in [5, 5.41) is 0. The number of carbonyl (C=O) groups excluding carboxylic acids is 1. The zero-order chi connectivity index (χ0) is 13.5. The van der Waals surface area contributed by atoms with Gasteiger partial charge in [0.15, 0.2) is 0 Å². The lowest BCUT2D eigenvalue weighted by Gasteiger charge is -2.28. The second-order valence-electron chi connectivity index (χ2n) is 5.70. The van der Waals surface area contributed by atoms with Crippen molar-refractivity contribution in [2.75, 3.05) is 18.0 Å². The summed E-state index contributed by atoms with van der Waals surface area (Å²) in [5.74, 6) is 0.398. The molecule has 0 bridgehead atoms. The van der Waals surface area contributed by atoms with E-state index in [1.807, 2.05) is 0 Å². The van der Waals surface area contributed by atoms with Gasteiger partial charge in [-0.3, -0.25) is 4.79 Å². The molecule has 20 heavy (non-hydrogen) atoms. The second kappa shape index (κ2) is 4.48. The second-order valence-corrected chi connectivity index (χ2v) is 5.70. The molecule has 0 aromatic heterocycles. The van der Waals surface area contributed by atoms with Gasteiger partial charge in [0.05, 0.1) is 0 Å². The SMILES string of the molecule is O=C1CCN(c2ccc3c(c2)Cc2ccccc2-3)CC1. The van der Waals surface area contributed by atoms with Gasteiger partial charge in [-0.15, -0.1) is 0 Å². The molecule has 100 valence electrons. The first-order chi connectivity index (χ1) is 9.81. The number of benzene rings is 2. The van der Waals surface area contributed by atoms with Crippen LogP contribution < -0.4 is 4.90 Å². The van der Waals surface area contributed by atoms with E-state index in [1.165, 1.54) is 27.9 Å². The summed E-state index contributed by atoms with van der Waals surface area (Å²) in [6, 6.07) is 15.4. The molecule has 0 saturated carbocycles. The average Bonchev–Trinajstić information content (AvgIpc) is 2.85. The third kappa shape index (κ3) is 1.83. The van der Waals surface area contributed by atoms with Crippen LogP contribution in [0.25, 0.3) is 11.1 Å². The number of fused-ring (bicyclic) bond motifs is 3. The first-order valence-corrected chi connectivity index (χ1v) is 7.29. The molecule has 0 unspecified atom stereocenters. The fraction of sp³-hybridized carbons (Fsp3) is 0.278. The Morgan fingerprint density at radius 3 is 2.45 bits per heavy atom. The van der Waals surface area contributed by atoms with Crippen molar-refractivity contribution in [1.29, 1.82) is 0 Å². The molecule has 4 rings (SSSR count). The van der Waals surface area contributed by atoms with Crippen LogP contribution in [0.5, 0.6) is 0 Å². The van der Waals surface area contributed by atoms with Crippen molar-refractivity contribution < 1.29 is 4.79 Å². The lowest BCUT2D eigenvalue weighted by Crippen LogP contribution is -2.33. The van der Waals surface area contributed by atoms with Crippen molar-refractivity contribution in [3.63, 3.8) is 0 Å². The maximum absolute atomic E-state index is 11.3. The molecule has 0 amide bonds. The number of nitrogens with zero attached hydrogens (tertiary/aromatic N) is 1. The van der Waals surface area contributed by atoms with Gasteiger partial charge in [-0.1, -0.05) is 30.3 Å². The molecule has 2 heteroatoms. The Balaban J connectivity index is 1.67. The summed E-state index contributed by atoms with van der Waals surface area (Å²) < 4.78 is 0. The smallest absolute Gasteiger partial charge is 0.136 e. The molecule has 2 nitrogen and oxygen atoms in total. The van der Waals surface area contributed by atoms with Crippen LogP contribution in [0.4, 0.5) is 5.69 Å². The molecule has 0 radical (unpaired) electrons. The zero-order valence-corrected chi connectivity index (χ0v) is 11.4. The van der Waals surface area contributed by atoms with Crippen molar-refractivity contribution in [1.82, 2.24) is 0 Å². The molecule has 1 heterocycles. The van der Waals surface area contributed by atoms with Crippen LogP contribution in [0.3, 0.4) is 0 Å². The zero-order valence-electron chi connectivity index (χ0n) is 11.4. The van der Waals surface area contributed by atoms with E-state index < -0.39 is 0 Å².